The number of guanidine groups is 1. The number of hydrogen-bond donors (Lipinski definition) is 3. The van der Waals surface area contributed by atoms with E-state index < -0.39 is 0 Å². The molecule has 0 aliphatic carbocycles. The second kappa shape index (κ2) is 10.1. The predicted molar refractivity (Wildman–Crippen MR) is 113 cm³/mol. The van der Waals surface area contributed by atoms with E-state index in [2.05, 4.69) is 32.9 Å². The van der Waals surface area contributed by atoms with Crippen LogP contribution in [0, 0.1) is 19.8 Å². The van der Waals surface area contributed by atoms with Gasteiger partial charge in [-0.15, -0.1) is 11.3 Å². The molecule has 6 nitrogen and oxygen atoms in total. The molecule has 2 aromatic rings. The normalized spacial score (nSPS) is 12.6. The summed E-state index contributed by atoms with van der Waals surface area (Å²) < 4.78 is 0. The molecular weight excluding hydrogens is 358 g/mol. The lowest BCUT2D eigenvalue weighted by atomic mass is 10.1. The van der Waals surface area contributed by atoms with E-state index in [0.717, 1.165) is 34.3 Å². The number of rotatable bonds is 7. The third-order valence-electron chi connectivity index (χ3n) is 4.42. The molecule has 0 fully saturated rings. The van der Waals surface area contributed by atoms with E-state index in [1.807, 2.05) is 45.0 Å². The molecule has 0 saturated heterocycles. The molecule has 0 bridgehead atoms. The lowest BCUT2D eigenvalue weighted by molar-refractivity contribution is -0.119. The van der Waals surface area contributed by atoms with Gasteiger partial charge in [-0.1, -0.05) is 26.0 Å². The first-order valence-corrected chi connectivity index (χ1v) is 10.0. The van der Waals surface area contributed by atoms with Gasteiger partial charge < -0.3 is 16.0 Å². The lowest BCUT2D eigenvalue weighted by Crippen LogP contribution is -2.36. The van der Waals surface area contributed by atoms with Gasteiger partial charge in [0, 0.05) is 30.1 Å². The monoisotopic (exact) mass is 387 g/mol. The fraction of sp³-hybridized carbons (Fsp3) is 0.450. The van der Waals surface area contributed by atoms with Crippen molar-refractivity contribution in [2.24, 2.45) is 10.9 Å². The van der Waals surface area contributed by atoms with Gasteiger partial charge in [0.15, 0.2) is 5.96 Å². The lowest BCUT2D eigenvalue weighted by Gasteiger charge is -2.13. The van der Waals surface area contributed by atoms with Crippen molar-refractivity contribution in [1.82, 2.24) is 15.6 Å². The van der Waals surface area contributed by atoms with Crippen LogP contribution in [0.5, 0.6) is 0 Å². The number of anilines is 1. The van der Waals surface area contributed by atoms with Gasteiger partial charge in [-0.25, -0.2) is 4.98 Å². The molecule has 1 atom stereocenters. The van der Waals surface area contributed by atoms with E-state index >= 15 is 0 Å². The van der Waals surface area contributed by atoms with Crippen LogP contribution in [-0.2, 0) is 17.9 Å². The smallest absolute Gasteiger partial charge is 0.227 e. The maximum atomic E-state index is 12.1. The highest BCUT2D eigenvalue weighted by Crippen LogP contribution is 2.16. The minimum Gasteiger partial charge on any atom is -0.352 e. The summed E-state index contributed by atoms with van der Waals surface area (Å²) in [6.07, 6.45) is 0.827. The van der Waals surface area contributed by atoms with Crippen LogP contribution in [0.15, 0.2) is 29.3 Å². The number of nitrogens with zero attached hydrogens (tertiary/aromatic N) is 2. The molecule has 1 aromatic heterocycles. The Balaban J connectivity index is 1.88. The van der Waals surface area contributed by atoms with Gasteiger partial charge in [0.1, 0.15) is 5.01 Å². The van der Waals surface area contributed by atoms with Gasteiger partial charge in [0.2, 0.25) is 5.91 Å². The fourth-order valence-electron chi connectivity index (χ4n) is 2.39. The maximum Gasteiger partial charge on any atom is 0.227 e. The number of carbonyl (C=O) groups excluding carboxylic acids is 1. The number of aliphatic imine (C=N–C) groups is 1. The number of nitrogens with one attached hydrogen (secondary N) is 3. The molecule has 0 aliphatic heterocycles. The summed E-state index contributed by atoms with van der Waals surface area (Å²) in [5.74, 6) is 0.775. The summed E-state index contributed by atoms with van der Waals surface area (Å²) >= 11 is 1.70. The Morgan fingerprint density at radius 3 is 2.63 bits per heavy atom. The SMILES string of the molecule is CCC(C)C(=O)Nc1cccc(CNC(=NC)NCc2nc(C)c(C)s2)c1. The van der Waals surface area contributed by atoms with Crippen molar-refractivity contribution in [1.29, 1.82) is 0 Å². The van der Waals surface area contributed by atoms with Crippen LogP contribution in [0.4, 0.5) is 5.69 Å². The van der Waals surface area contributed by atoms with Gasteiger partial charge in [0.25, 0.3) is 0 Å². The molecule has 27 heavy (non-hydrogen) atoms. The number of hydrogen-bond acceptors (Lipinski definition) is 4. The number of aryl methyl sites for hydroxylation is 2. The van der Waals surface area contributed by atoms with E-state index in [1.54, 1.807) is 18.4 Å². The van der Waals surface area contributed by atoms with Gasteiger partial charge >= 0.3 is 0 Å². The molecule has 0 spiro atoms. The first-order chi connectivity index (χ1) is 12.9. The zero-order valence-corrected chi connectivity index (χ0v) is 17.5. The highest BCUT2D eigenvalue weighted by Gasteiger charge is 2.10. The van der Waals surface area contributed by atoms with Crippen molar-refractivity contribution < 1.29 is 4.79 Å². The molecule has 0 radical (unpaired) electrons. The van der Waals surface area contributed by atoms with Crippen molar-refractivity contribution in [2.45, 2.75) is 47.2 Å². The summed E-state index contributed by atoms with van der Waals surface area (Å²) in [4.78, 5) is 22.1. The Hall–Kier alpha value is -2.41. The van der Waals surface area contributed by atoms with Crippen LogP contribution in [0.1, 0.15) is 41.4 Å². The summed E-state index contributed by atoms with van der Waals surface area (Å²) in [6, 6.07) is 7.85. The van der Waals surface area contributed by atoms with Crippen LogP contribution < -0.4 is 16.0 Å². The van der Waals surface area contributed by atoms with Crippen molar-refractivity contribution in [2.75, 3.05) is 12.4 Å². The van der Waals surface area contributed by atoms with E-state index in [4.69, 9.17) is 0 Å². The highest BCUT2D eigenvalue weighted by atomic mass is 32.1. The van der Waals surface area contributed by atoms with Gasteiger partial charge in [-0.05, 0) is 38.0 Å². The molecule has 3 N–H and O–H groups in total. The van der Waals surface area contributed by atoms with Gasteiger partial charge in [-0.2, -0.15) is 0 Å². The summed E-state index contributed by atoms with van der Waals surface area (Å²) in [5, 5.41) is 10.6. The van der Waals surface area contributed by atoms with Crippen molar-refractivity contribution in [3.63, 3.8) is 0 Å². The minimum absolute atomic E-state index is 0.00735. The average molecular weight is 388 g/mol. The molecule has 0 saturated carbocycles. The van der Waals surface area contributed by atoms with Gasteiger partial charge in [-0.3, -0.25) is 9.79 Å². The molecule has 1 heterocycles. The Morgan fingerprint density at radius 2 is 2.00 bits per heavy atom. The molecular formula is C20H29N5OS. The quantitative estimate of drug-likeness (QED) is 0.501. The Bertz CT molecular complexity index is 780. The highest BCUT2D eigenvalue weighted by molar-refractivity contribution is 7.11. The van der Waals surface area contributed by atoms with E-state index in [-0.39, 0.29) is 11.8 Å². The molecule has 7 heteroatoms. The summed E-state index contributed by atoms with van der Waals surface area (Å²) in [7, 11) is 1.75. The number of benzene rings is 1. The first-order valence-electron chi connectivity index (χ1n) is 9.20. The zero-order chi connectivity index (χ0) is 19.8. The largest absolute Gasteiger partial charge is 0.352 e. The number of thiazole rings is 1. The topological polar surface area (TPSA) is 78.4 Å². The Kier molecular flexibility index (Phi) is 7.79. The maximum absolute atomic E-state index is 12.1. The van der Waals surface area contributed by atoms with Crippen LogP contribution in [0.3, 0.4) is 0 Å². The summed E-state index contributed by atoms with van der Waals surface area (Å²) in [6.45, 7) is 9.30. The Labute approximate surface area is 165 Å². The molecule has 1 unspecified atom stereocenters. The van der Waals surface area contributed by atoms with E-state index in [1.165, 1.54) is 4.88 Å². The molecule has 146 valence electrons. The molecule has 1 amide bonds. The first kappa shape index (κ1) is 20.9. The van der Waals surface area contributed by atoms with Crippen LogP contribution >= 0.6 is 11.3 Å². The third kappa shape index (κ3) is 6.36. The predicted octanol–water partition coefficient (Wildman–Crippen LogP) is 3.61. The summed E-state index contributed by atoms with van der Waals surface area (Å²) in [5.41, 5.74) is 2.97. The number of aromatic nitrogens is 1. The van der Waals surface area contributed by atoms with Crippen molar-refractivity contribution in [3.8, 4) is 0 Å². The van der Waals surface area contributed by atoms with Crippen LogP contribution in [-0.4, -0.2) is 23.9 Å². The van der Waals surface area contributed by atoms with Crippen molar-refractivity contribution >= 4 is 28.9 Å². The van der Waals surface area contributed by atoms with E-state index in [0.29, 0.717) is 13.1 Å². The third-order valence-corrected chi connectivity index (χ3v) is 5.49. The Morgan fingerprint density at radius 1 is 1.26 bits per heavy atom. The minimum atomic E-state index is 0.00735. The number of amides is 1. The molecule has 0 aliphatic rings. The van der Waals surface area contributed by atoms with Crippen LogP contribution in [0.2, 0.25) is 0 Å². The molecule has 2 rings (SSSR count). The van der Waals surface area contributed by atoms with Crippen molar-refractivity contribution in [3.05, 3.63) is 45.4 Å². The fourth-order valence-corrected chi connectivity index (χ4v) is 3.26. The van der Waals surface area contributed by atoms with Crippen LogP contribution in [0.25, 0.3) is 0 Å². The van der Waals surface area contributed by atoms with Gasteiger partial charge in [0.05, 0.1) is 12.2 Å². The molecule has 1 aromatic carbocycles. The standard InChI is InChI=1S/C20H29N5OS/c1-6-13(2)19(26)25-17-9-7-8-16(10-17)11-22-20(21-5)23-12-18-24-14(3)15(4)27-18/h7-10,13H,6,11-12H2,1-5H3,(H,25,26)(H2,21,22,23). The second-order valence-electron chi connectivity index (χ2n) is 6.53. The zero-order valence-electron chi connectivity index (χ0n) is 16.7. The second-order valence-corrected chi connectivity index (χ2v) is 7.82. The number of carbonyl (C=O) groups is 1. The average Bonchev–Trinajstić information content (AvgIpc) is 2.99. The van der Waals surface area contributed by atoms with E-state index in [9.17, 15) is 4.79 Å².